The molecular formula is C15H34. The highest BCUT2D eigenvalue weighted by Crippen LogP contribution is 2.37. The minimum atomic E-state index is 0.659. The summed E-state index contributed by atoms with van der Waals surface area (Å²) < 4.78 is 0. The van der Waals surface area contributed by atoms with Crippen molar-refractivity contribution in [3.05, 3.63) is 0 Å². The Bertz CT molecular complexity index is 101. The van der Waals surface area contributed by atoms with Gasteiger partial charge in [-0.1, -0.05) is 74.1 Å². The van der Waals surface area contributed by atoms with Gasteiger partial charge in [-0.15, -0.1) is 0 Å². The molecule has 1 aliphatic carbocycles. The highest BCUT2D eigenvalue weighted by atomic mass is 14.3. The molecular weight excluding hydrogens is 180 g/mol. The van der Waals surface area contributed by atoms with Gasteiger partial charge in [-0.2, -0.15) is 0 Å². The van der Waals surface area contributed by atoms with Crippen molar-refractivity contribution in [2.75, 3.05) is 0 Å². The topological polar surface area (TPSA) is 0 Å². The predicted octanol–water partition coefficient (Wildman–Crippen LogP) is 6.06. The van der Waals surface area contributed by atoms with E-state index in [1.807, 2.05) is 13.8 Å². The number of hydrogen-bond acceptors (Lipinski definition) is 0. The van der Waals surface area contributed by atoms with E-state index in [2.05, 4.69) is 34.6 Å². The second kappa shape index (κ2) is 10.5. The molecule has 0 N–H and O–H groups in total. The van der Waals surface area contributed by atoms with E-state index in [1.54, 1.807) is 0 Å². The van der Waals surface area contributed by atoms with Crippen LogP contribution in [0.5, 0.6) is 0 Å². The molecule has 15 heavy (non-hydrogen) atoms. The lowest BCUT2D eigenvalue weighted by atomic mass is 9.74. The van der Waals surface area contributed by atoms with Crippen LogP contribution in [0, 0.1) is 11.3 Å². The van der Waals surface area contributed by atoms with Gasteiger partial charge in [-0.25, -0.2) is 0 Å². The lowest BCUT2D eigenvalue weighted by molar-refractivity contribution is 0.201. The van der Waals surface area contributed by atoms with Gasteiger partial charge in [0, 0.05) is 0 Å². The van der Waals surface area contributed by atoms with Crippen LogP contribution in [0.2, 0.25) is 0 Å². The largest absolute Gasteiger partial charge is 0.0683 e. The second-order valence-electron chi connectivity index (χ2n) is 5.35. The number of unbranched alkanes of at least 4 members (excludes halogenated alkanes) is 1. The van der Waals surface area contributed by atoms with Gasteiger partial charge in [0.2, 0.25) is 0 Å². The Balaban J connectivity index is 0. The molecule has 0 aromatic rings. The van der Waals surface area contributed by atoms with E-state index in [0.29, 0.717) is 5.41 Å². The molecule has 1 fully saturated rings. The smallest absolute Gasteiger partial charge is 0.0354 e. The quantitative estimate of drug-likeness (QED) is 0.498. The van der Waals surface area contributed by atoms with Gasteiger partial charge in [0.25, 0.3) is 0 Å². The summed E-state index contributed by atoms with van der Waals surface area (Å²) in [7, 11) is 0. The summed E-state index contributed by atoms with van der Waals surface area (Å²) in [5.74, 6) is 0.998. The third kappa shape index (κ3) is 11.9. The Labute approximate surface area is 98.9 Å². The molecule has 0 atom stereocenters. The Morgan fingerprint density at radius 1 is 0.933 bits per heavy atom. The molecule has 1 rings (SSSR count). The van der Waals surface area contributed by atoms with Gasteiger partial charge >= 0.3 is 0 Å². The van der Waals surface area contributed by atoms with Crippen LogP contribution in [-0.4, -0.2) is 0 Å². The lowest BCUT2D eigenvalue weighted by Crippen LogP contribution is -2.19. The Morgan fingerprint density at radius 2 is 1.27 bits per heavy atom. The molecule has 0 heteroatoms. The predicted molar refractivity (Wildman–Crippen MR) is 73.3 cm³/mol. The van der Waals surface area contributed by atoms with E-state index in [0.717, 1.165) is 5.92 Å². The molecule has 0 saturated heterocycles. The van der Waals surface area contributed by atoms with Crippen molar-refractivity contribution in [1.29, 1.82) is 0 Å². The Morgan fingerprint density at radius 3 is 1.47 bits per heavy atom. The van der Waals surface area contributed by atoms with Crippen molar-refractivity contribution in [2.45, 2.75) is 87.0 Å². The number of hydrogen-bond donors (Lipinski definition) is 0. The monoisotopic (exact) mass is 214 g/mol. The maximum Gasteiger partial charge on any atom is -0.0354 e. The first kappa shape index (κ1) is 17.4. The van der Waals surface area contributed by atoms with E-state index < -0.39 is 0 Å². The highest BCUT2D eigenvalue weighted by molar-refractivity contribution is 4.76. The molecule has 0 heterocycles. The molecule has 0 spiro atoms. The van der Waals surface area contributed by atoms with Crippen LogP contribution in [0.3, 0.4) is 0 Å². The van der Waals surface area contributed by atoms with Crippen molar-refractivity contribution in [2.24, 2.45) is 11.3 Å². The SMILES string of the molecule is CC.CC1CCC(C)(C)CC1.CCCC. The van der Waals surface area contributed by atoms with E-state index in [1.165, 1.54) is 38.5 Å². The van der Waals surface area contributed by atoms with E-state index in [-0.39, 0.29) is 0 Å². The summed E-state index contributed by atoms with van der Waals surface area (Å²) >= 11 is 0. The molecule has 1 saturated carbocycles. The van der Waals surface area contributed by atoms with Gasteiger partial charge in [0.1, 0.15) is 0 Å². The molecule has 0 aromatic carbocycles. The zero-order chi connectivity index (χ0) is 12.3. The van der Waals surface area contributed by atoms with Gasteiger partial charge in [0.15, 0.2) is 0 Å². The first-order chi connectivity index (χ1) is 7.02. The van der Waals surface area contributed by atoms with E-state index in [4.69, 9.17) is 0 Å². The van der Waals surface area contributed by atoms with Gasteiger partial charge in [-0.3, -0.25) is 0 Å². The van der Waals surface area contributed by atoms with E-state index >= 15 is 0 Å². The normalized spacial score (nSPS) is 19.4. The fraction of sp³-hybridized carbons (Fsp3) is 1.00. The van der Waals surface area contributed by atoms with Crippen LogP contribution < -0.4 is 0 Å². The zero-order valence-corrected chi connectivity index (χ0v) is 12.3. The first-order valence-corrected chi connectivity index (χ1v) is 7.02. The summed E-state index contributed by atoms with van der Waals surface area (Å²) in [6.45, 7) is 15.5. The molecule has 0 unspecified atom stereocenters. The van der Waals surface area contributed by atoms with E-state index in [9.17, 15) is 0 Å². The summed E-state index contributed by atoms with van der Waals surface area (Å²) in [6.07, 6.45) is 8.42. The Kier molecular flexibility index (Phi) is 12.2. The molecule has 0 amide bonds. The number of rotatable bonds is 1. The zero-order valence-electron chi connectivity index (χ0n) is 12.3. The lowest BCUT2D eigenvalue weighted by Gasteiger charge is -2.32. The standard InChI is InChI=1S/C9H18.C4H10.C2H6/c1-8-4-6-9(2,3)7-5-8;1-3-4-2;1-2/h8H,4-7H2,1-3H3;3-4H2,1-2H3;1-2H3. The fourth-order valence-corrected chi connectivity index (χ4v) is 1.54. The van der Waals surface area contributed by atoms with Crippen molar-refractivity contribution in [3.8, 4) is 0 Å². The van der Waals surface area contributed by atoms with Crippen molar-refractivity contribution in [1.82, 2.24) is 0 Å². The fourth-order valence-electron chi connectivity index (χ4n) is 1.54. The summed E-state index contributed by atoms with van der Waals surface area (Å²) in [5, 5.41) is 0. The summed E-state index contributed by atoms with van der Waals surface area (Å²) in [6, 6.07) is 0. The molecule has 0 nitrogen and oxygen atoms in total. The van der Waals surface area contributed by atoms with Crippen molar-refractivity contribution >= 4 is 0 Å². The molecule has 0 aliphatic heterocycles. The van der Waals surface area contributed by atoms with Crippen LogP contribution in [-0.2, 0) is 0 Å². The van der Waals surface area contributed by atoms with Crippen molar-refractivity contribution < 1.29 is 0 Å². The minimum Gasteiger partial charge on any atom is -0.0683 e. The molecule has 0 bridgehead atoms. The van der Waals surface area contributed by atoms with Crippen LogP contribution in [0.25, 0.3) is 0 Å². The van der Waals surface area contributed by atoms with Gasteiger partial charge in [-0.05, 0) is 24.2 Å². The average Bonchev–Trinajstić information content (AvgIpc) is 2.26. The molecule has 94 valence electrons. The average molecular weight is 214 g/mol. The Hall–Kier alpha value is 0. The molecule has 1 aliphatic rings. The highest BCUT2D eigenvalue weighted by Gasteiger charge is 2.23. The van der Waals surface area contributed by atoms with Crippen LogP contribution in [0.1, 0.15) is 87.0 Å². The minimum absolute atomic E-state index is 0.659. The first-order valence-electron chi connectivity index (χ1n) is 7.02. The second-order valence-corrected chi connectivity index (χ2v) is 5.35. The third-order valence-corrected chi connectivity index (χ3v) is 3.13. The maximum absolute atomic E-state index is 2.39. The summed E-state index contributed by atoms with van der Waals surface area (Å²) in [4.78, 5) is 0. The maximum atomic E-state index is 2.39. The van der Waals surface area contributed by atoms with Gasteiger partial charge < -0.3 is 0 Å². The van der Waals surface area contributed by atoms with Gasteiger partial charge in [0.05, 0.1) is 0 Å². The molecule has 0 aromatic heterocycles. The summed E-state index contributed by atoms with van der Waals surface area (Å²) in [5.41, 5.74) is 0.659. The third-order valence-electron chi connectivity index (χ3n) is 3.13. The molecule has 0 radical (unpaired) electrons. The van der Waals surface area contributed by atoms with Crippen molar-refractivity contribution in [3.63, 3.8) is 0 Å². The van der Waals surface area contributed by atoms with Crippen LogP contribution in [0.15, 0.2) is 0 Å². The van der Waals surface area contributed by atoms with Crippen LogP contribution >= 0.6 is 0 Å². The van der Waals surface area contributed by atoms with Crippen LogP contribution in [0.4, 0.5) is 0 Å².